The van der Waals surface area contributed by atoms with Crippen LogP contribution in [-0.4, -0.2) is 19.1 Å². The van der Waals surface area contributed by atoms with E-state index in [1.165, 1.54) is 5.56 Å². The third-order valence-electron chi connectivity index (χ3n) is 3.73. The molecule has 0 saturated carbocycles. The number of rotatable bonds is 1. The van der Waals surface area contributed by atoms with Crippen LogP contribution >= 0.6 is 0 Å². The Balaban J connectivity index is 1.97. The minimum atomic E-state index is 0.0313. The molecule has 3 heteroatoms. The van der Waals surface area contributed by atoms with Gasteiger partial charge in [-0.05, 0) is 49.2 Å². The smallest absolute Gasteiger partial charge is 0.258 e. The van der Waals surface area contributed by atoms with E-state index in [2.05, 4.69) is 0 Å². The minimum Gasteiger partial charge on any atom is -0.490 e. The third-order valence-corrected chi connectivity index (χ3v) is 3.73. The lowest BCUT2D eigenvalue weighted by atomic mass is 10.0. The van der Waals surface area contributed by atoms with Crippen LogP contribution in [-0.2, 0) is 0 Å². The normalized spacial score (nSPS) is 13.6. The van der Waals surface area contributed by atoms with Gasteiger partial charge in [0.2, 0.25) is 0 Å². The molecule has 0 aromatic heterocycles. The van der Waals surface area contributed by atoms with Gasteiger partial charge in [0, 0.05) is 5.56 Å². The van der Waals surface area contributed by atoms with E-state index in [9.17, 15) is 4.79 Å². The quantitative estimate of drug-likeness (QED) is 0.793. The van der Waals surface area contributed by atoms with Crippen LogP contribution in [0.25, 0.3) is 0 Å². The Morgan fingerprint density at radius 2 is 1.90 bits per heavy atom. The number of anilines is 1. The van der Waals surface area contributed by atoms with Gasteiger partial charge in [0.15, 0.2) is 0 Å². The van der Waals surface area contributed by atoms with Crippen molar-refractivity contribution in [3.8, 4) is 5.75 Å². The standard InChI is InChI=1S/C17H17NO2/c1-12-7-8-14(11-13(12)2)17(19)18-9-10-20-16-6-4-3-5-15(16)18/h3-8,11H,9-10H2,1-2H3. The maximum absolute atomic E-state index is 12.7. The topological polar surface area (TPSA) is 29.5 Å². The molecule has 0 unspecified atom stereocenters. The highest BCUT2D eigenvalue weighted by Gasteiger charge is 2.24. The Morgan fingerprint density at radius 1 is 1.10 bits per heavy atom. The lowest BCUT2D eigenvalue weighted by Gasteiger charge is -2.29. The third kappa shape index (κ3) is 2.16. The first-order valence-electron chi connectivity index (χ1n) is 6.78. The summed E-state index contributed by atoms with van der Waals surface area (Å²) in [7, 11) is 0. The molecule has 0 spiro atoms. The molecule has 1 aliphatic heterocycles. The number of amides is 1. The number of para-hydroxylation sites is 2. The number of nitrogens with zero attached hydrogens (tertiary/aromatic N) is 1. The number of fused-ring (bicyclic) bond motifs is 1. The van der Waals surface area contributed by atoms with Crippen molar-refractivity contribution in [2.45, 2.75) is 13.8 Å². The van der Waals surface area contributed by atoms with Crippen molar-refractivity contribution in [3.05, 3.63) is 59.2 Å². The van der Waals surface area contributed by atoms with E-state index >= 15 is 0 Å². The number of carbonyl (C=O) groups excluding carboxylic acids is 1. The number of ether oxygens (including phenoxy) is 1. The number of hydrogen-bond acceptors (Lipinski definition) is 2. The van der Waals surface area contributed by atoms with Gasteiger partial charge in [0.25, 0.3) is 5.91 Å². The van der Waals surface area contributed by atoms with Gasteiger partial charge in [-0.1, -0.05) is 18.2 Å². The molecule has 0 N–H and O–H groups in total. The van der Waals surface area contributed by atoms with Crippen LogP contribution in [0.5, 0.6) is 5.75 Å². The zero-order chi connectivity index (χ0) is 14.1. The molecule has 2 aromatic carbocycles. The minimum absolute atomic E-state index is 0.0313. The van der Waals surface area contributed by atoms with E-state index in [0.29, 0.717) is 13.2 Å². The summed E-state index contributed by atoms with van der Waals surface area (Å²) in [5.74, 6) is 0.805. The summed E-state index contributed by atoms with van der Waals surface area (Å²) in [6.45, 7) is 5.20. The van der Waals surface area contributed by atoms with Crippen LogP contribution in [0.15, 0.2) is 42.5 Å². The van der Waals surface area contributed by atoms with Crippen molar-refractivity contribution < 1.29 is 9.53 Å². The average Bonchev–Trinajstić information content (AvgIpc) is 2.49. The molecule has 102 valence electrons. The van der Waals surface area contributed by atoms with Gasteiger partial charge in [-0.15, -0.1) is 0 Å². The first kappa shape index (κ1) is 12.7. The van der Waals surface area contributed by atoms with Crippen molar-refractivity contribution in [3.63, 3.8) is 0 Å². The van der Waals surface area contributed by atoms with Gasteiger partial charge in [-0.3, -0.25) is 4.79 Å². The Kier molecular flexibility index (Phi) is 3.18. The summed E-state index contributed by atoms with van der Waals surface area (Å²) in [5, 5.41) is 0. The second-order valence-electron chi connectivity index (χ2n) is 5.07. The molecule has 0 aliphatic carbocycles. The maximum Gasteiger partial charge on any atom is 0.258 e. The van der Waals surface area contributed by atoms with Gasteiger partial charge < -0.3 is 9.64 Å². The lowest BCUT2D eigenvalue weighted by molar-refractivity contribution is 0.0976. The fourth-order valence-corrected chi connectivity index (χ4v) is 2.41. The molecule has 3 nitrogen and oxygen atoms in total. The molecule has 3 rings (SSSR count). The molecule has 0 bridgehead atoms. The summed E-state index contributed by atoms with van der Waals surface area (Å²) in [6.07, 6.45) is 0. The van der Waals surface area contributed by atoms with Crippen LogP contribution in [0.3, 0.4) is 0 Å². The molecule has 1 heterocycles. The van der Waals surface area contributed by atoms with Crippen LogP contribution in [0.1, 0.15) is 21.5 Å². The SMILES string of the molecule is Cc1ccc(C(=O)N2CCOc3ccccc32)cc1C. The summed E-state index contributed by atoms with van der Waals surface area (Å²) >= 11 is 0. The highest BCUT2D eigenvalue weighted by molar-refractivity contribution is 6.07. The zero-order valence-electron chi connectivity index (χ0n) is 11.7. The molecule has 0 radical (unpaired) electrons. The lowest BCUT2D eigenvalue weighted by Crippen LogP contribution is -2.37. The maximum atomic E-state index is 12.7. The largest absolute Gasteiger partial charge is 0.490 e. The van der Waals surface area contributed by atoms with Gasteiger partial charge in [0.05, 0.1) is 12.2 Å². The van der Waals surface area contributed by atoms with Crippen LogP contribution in [0.2, 0.25) is 0 Å². The number of carbonyl (C=O) groups is 1. The Morgan fingerprint density at radius 3 is 2.70 bits per heavy atom. The highest BCUT2D eigenvalue weighted by atomic mass is 16.5. The number of benzene rings is 2. The number of hydrogen-bond donors (Lipinski definition) is 0. The molecular weight excluding hydrogens is 250 g/mol. The summed E-state index contributed by atoms with van der Waals surface area (Å²) in [4.78, 5) is 14.5. The first-order valence-corrected chi connectivity index (χ1v) is 6.78. The predicted octanol–water partition coefficient (Wildman–Crippen LogP) is 3.34. The molecule has 1 aliphatic rings. The Bertz CT molecular complexity index is 664. The first-order chi connectivity index (χ1) is 9.66. The van der Waals surface area contributed by atoms with Gasteiger partial charge in [0.1, 0.15) is 12.4 Å². The Hall–Kier alpha value is -2.29. The monoisotopic (exact) mass is 267 g/mol. The van der Waals surface area contributed by atoms with E-state index in [-0.39, 0.29) is 5.91 Å². The highest BCUT2D eigenvalue weighted by Crippen LogP contribution is 2.32. The molecule has 0 atom stereocenters. The second-order valence-corrected chi connectivity index (χ2v) is 5.07. The fraction of sp³-hybridized carbons (Fsp3) is 0.235. The van der Waals surface area contributed by atoms with Crippen molar-refractivity contribution in [1.82, 2.24) is 0 Å². The molecule has 20 heavy (non-hydrogen) atoms. The number of aryl methyl sites for hydroxylation is 2. The Labute approximate surface area is 118 Å². The van der Waals surface area contributed by atoms with E-state index < -0.39 is 0 Å². The molecule has 2 aromatic rings. The summed E-state index contributed by atoms with van der Waals surface area (Å²) in [6, 6.07) is 13.5. The molecule has 0 fully saturated rings. The second kappa shape index (κ2) is 5.00. The van der Waals surface area contributed by atoms with Crippen molar-refractivity contribution in [2.24, 2.45) is 0 Å². The fourth-order valence-electron chi connectivity index (χ4n) is 2.41. The van der Waals surface area contributed by atoms with Crippen molar-refractivity contribution in [1.29, 1.82) is 0 Å². The van der Waals surface area contributed by atoms with Crippen molar-refractivity contribution >= 4 is 11.6 Å². The van der Waals surface area contributed by atoms with Gasteiger partial charge >= 0.3 is 0 Å². The summed E-state index contributed by atoms with van der Waals surface area (Å²) in [5.41, 5.74) is 3.91. The van der Waals surface area contributed by atoms with Gasteiger partial charge in [-0.25, -0.2) is 0 Å². The van der Waals surface area contributed by atoms with Crippen LogP contribution < -0.4 is 9.64 Å². The van der Waals surface area contributed by atoms with Crippen molar-refractivity contribution in [2.75, 3.05) is 18.1 Å². The van der Waals surface area contributed by atoms with E-state index in [0.717, 1.165) is 22.6 Å². The predicted molar refractivity (Wildman–Crippen MR) is 79.5 cm³/mol. The van der Waals surface area contributed by atoms with Crippen LogP contribution in [0, 0.1) is 13.8 Å². The molecular formula is C17H17NO2. The molecule has 0 saturated heterocycles. The van der Waals surface area contributed by atoms with Crippen LogP contribution in [0.4, 0.5) is 5.69 Å². The molecule has 1 amide bonds. The van der Waals surface area contributed by atoms with E-state index in [4.69, 9.17) is 4.74 Å². The average molecular weight is 267 g/mol. The van der Waals surface area contributed by atoms with E-state index in [1.807, 2.05) is 56.3 Å². The van der Waals surface area contributed by atoms with E-state index in [1.54, 1.807) is 4.90 Å². The van der Waals surface area contributed by atoms with Gasteiger partial charge in [-0.2, -0.15) is 0 Å². The zero-order valence-corrected chi connectivity index (χ0v) is 11.7. The summed E-state index contributed by atoms with van der Waals surface area (Å²) < 4.78 is 5.59.